The van der Waals surface area contributed by atoms with Crippen LogP contribution in [0.5, 0.6) is 0 Å². The van der Waals surface area contributed by atoms with Gasteiger partial charge in [-0.2, -0.15) is 0 Å². The van der Waals surface area contributed by atoms with E-state index in [0.29, 0.717) is 0 Å². The summed E-state index contributed by atoms with van der Waals surface area (Å²) in [5, 5.41) is 18.1. The summed E-state index contributed by atoms with van der Waals surface area (Å²) in [6, 6.07) is 2.95. The highest BCUT2D eigenvalue weighted by Gasteiger charge is 2.32. The van der Waals surface area contributed by atoms with Crippen molar-refractivity contribution in [3.05, 3.63) is 47.5 Å². The van der Waals surface area contributed by atoms with Gasteiger partial charge in [0.2, 0.25) is 0 Å². The summed E-state index contributed by atoms with van der Waals surface area (Å²) >= 11 is 0. The molecule has 8 heteroatoms. The number of aromatic carboxylic acids is 2. The monoisotopic (exact) mass is 336 g/mol. The molecule has 0 spiro atoms. The first kappa shape index (κ1) is 18.9. The van der Waals surface area contributed by atoms with Crippen LogP contribution >= 0.6 is 0 Å². The maximum Gasteiger partial charge on any atom is 0.342 e. The first-order chi connectivity index (χ1) is 11.1. The van der Waals surface area contributed by atoms with E-state index in [1.165, 1.54) is 6.92 Å². The van der Waals surface area contributed by atoms with Gasteiger partial charge in [0.05, 0.1) is 16.7 Å². The minimum Gasteiger partial charge on any atom is -0.478 e. The van der Waals surface area contributed by atoms with Crippen molar-refractivity contribution in [2.45, 2.75) is 26.1 Å². The fraction of sp³-hybridized carbons (Fsp3) is 0.250. The molecule has 0 saturated carbocycles. The van der Waals surface area contributed by atoms with Crippen LogP contribution in [-0.2, 0) is 14.3 Å². The Kier molecular flexibility index (Phi) is 5.83. The lowest BCUT2D eigenvalue weighted by atomic mass is 10.0. The number of esters is 2. The summed E-state index contributed by atoms with van der Waals surface area (Å²) in [5.41, 5.74) is -1.18. The van der Waals surface area contributed by atoms with Crippen molar-refractivity contribution in [1.82, 2.24) is 0 Å². The minimum absolute atomic E-state index is 0.105. The summed E-state index contributed by atoms with van der Waals surface area (Å²) in [7, 11) is 0. The molecular formula is C16H16O8. The Labute approximate surface area is 137 Å². The van der Waals surface area contributed by atoms with Gasteiger partial charge in [0, 0.05) is 19.4 Å². The molecule has 1 aromatic carbocycles. The second kappa shape index (κ2) is 7.40. The molecule has 0 aliphatic carbocycles. The third-order valence-corrected chi connectivity index (χ3v) is 3.15. The molecule has 8 nitrogen and oxygen atoms in total. The molecule has 0 aromatic heterocycles. The van der Waals surface area contributed by atoms with Gasteiger partial charge in [0.25, 0.3) is 5.79 Å². The van der Waals surface area contributed by atoms with Gasteiger partial charge in [-0.15, -0.1) is 0 Å². The van der Waals surface area contributed by atoms with Crippen molar-refractivity contribution >= 4 is 23.9 Å². The molecule has 2 N–H and O–H groups in total. The smallest absolute Gasteiger partial charge is 0.342 e. The summed E-state index contributed by atoms with van der Waals surface area (Å²) in [4.78, 5) is 45.7. The molecule has 0 aliphatic heterocycles. The molecule has 1 atom stereocenters. The summed E-state index contributed by atoms with van der Waals surface area (Å²) in [6.45, 7) is 6.16. The maximum atomic E-state index is 12.2. The quantitative estimate of drug-likeness (QED) is 0.440. The lowest BCUT2D eigenvalue weighted by Gasteiger charge is -2.27. The van der Waals surface area contributed by atoms with E-state index in [1.807, 2.05) is 0 Å². The number of carbonyl (C=O) groups excluding carboxylic acids is 2. The molecule has 128 valence electrons. The van der Waals surface area contributed by atoms with Gasteiger partial charge < -0.3 is 19.7 Å². The van der Waals surface area contributed by atoms with E-state index in [-0.39, 0.29) is 17.5 Å². The summed E-state index contributed by atoms with van der Waals surface area (Å²) in [5.74, 6) is -6.33. The number of ether oxygens (including phenoxy) is 2. The molecule has 0 saturated heterocycles. The van der Waals surface area contributed by atoms with Crippen LogP contribution in [-0.4, -0.2) is 39.9 Å². The Morgan fingerprint density at radius 3 is 2.21 bits per heavy atom. The van der Waals surface area contributed by atoms with Crippen molar-refractivity contribution in [2.24, 2.45) is 0 Å². The molecule has 0 heterocycles. The van der Waals surface area contributed by atoms with E-state index in [9.17, 15) is 19.2 Å². The third kappa shape index (κ3) is 4.42. The molecule has 0 radical (unpaired) electrons. The van der Waals surface area contributed by atoms with Crippen molar-refractivity contribution in [3.8, 4) is 0 Å². The highest BCUT2D eigenvalue weighted by Crippen LogP contribution is 2.22. The standard InChI is InChI=1S/C16H16O8/c1-4-12(17)23-16(3,5-2)24-15(22)10-7-6-9(13(18)19)8-11(10)14(20)21/h4,6-8H,1,5H2,2-3H3,(H,18,19)(H,20,21). The topological polar surface area (TPSA) is 127 Å². The van der Waals surface area contributed by atoms with Gasteiger partial charge in [-0.05, 0) is 18.2 Å². The van der Waals surface area contributed by atoms with Gasteiger partial charge in [-0.25, -0.2) is 19.2 Å². The summed E-state index contributed by atoms with van der Waals surface area (Å²) < 4.78 is 10.0. The molecule has 0 bridgehead atoms. The van der Waals surface area contributed by atoms with Crippen molar-refractivity contribution < 1.29 is 38.9 Å². The van der Waals surface area contributed by atoms with E-state index in [4.69, 9.17) is 19.7 Å². The van der Waals surface area contributed by atoms with Crippen LogP contribution < -0.4 is 0 Å². The van der Waals surface area contributed by atoms with E-state index in [2.05, 4.69) is 6.58 Å². The largest absolute Gasteiger partial charge is 0.478 e. The Morgan fingerprint density at radius 1 is 1.12 bits per heavy atom. The van der Waals surface area contributed by atoms with Crippen LogP contribution in [0.1, 0.15) is 51.3 Å². The average molecular weight is 336 g/mol. The molecular weight excluding hydrogens is 320 g/mol. The van der Waals surface area contributed by atoms with Gasteiger partial charge >= 0.3 is 23.9 Å². The normalized spacial score (nSPS) is 12.6. The fourth-order valence-electron chi connectivity index (χ4n) is 1.70. The van der Waals surface area contributed by atoms with Crippen molar-refractivity contribution in [3.63, 3.8) is 0 Å². The Balaban J connectivity index is 3.18. The molecule has 1 unspecified atom stereocenters. The number of hydrogen-bond acceptors (Lipinski definition) is 6. The zero-order valence-corrected chi connectivity index (χ0v) is 13.1. The molecule has 1 aromatic rings. The Bertz CT molecular complexity index is 706. The fourth-order valence-corrected chi connectivity index (χ4v) is 1.70. The zero-order valence-electron chi connectivity index (χ0n) is 13.1. The first-order valence-corrected chi connectivity index (χ1v) is 6.83. The second-order valence-electron chi connectivity index (χ2n) is 4.87. The highest BCUT2D eigenvalue weighted by atomic mass is 16.7. The number of carbonyl (C=O) groups is 4. The van der Waals surface area contributed by atoms with Crippen LogP contribution in [0.4, 0.5) is 0 Å². The average Bonchev–Trinajstić information content (AvgIpc) is 2.53. The zero-order chi connectivity index (χ0) is 18.5. The SMILES string of the molecule is C=CC(=O)OC(C)(CC)OC(=O)c1ccc(C(=O)O)cc1C(=O)O. The number of carboxylic acids is 2. The third-order valence-electron chi connectivity index (χ3n) is 3.15. The molecule has 1 rings (SSSR count). The predicted octanol–water partition coefficient (Wildman–Crippen LogP) is 2.10. The highest BCUT2D eigenvalue weighted by molar-refractivity contribution is 6.04. The van der Waals surface area contributed by atoms with Crippen LogP contribution in [0.25, 0.3) is 0 Å². The number of benzene rings is 1. The van der Waals surface area contributed by atoms with Crippen LogP contribution in [0.15, 0.2) is 30.9 Å². The van der Waals surface area contributed by atoms with Gasteiger partial charge in [-0.3, -0.25) is 0 Å². The Morgan fingerprint density at radius 2 is 1.75 bits per heavy atom. The van der Waals surface area contributed by atoms with Gasteiger partial charge in [0.1, 0.15) is 0 Å². The van der Waals surface area contributed by atoms with Gasteiger partial charge in [0.15, 0.2) is 0 Å². The number of hydrogen-bond donors (Lipinski definition) is 2. The van der Waals surface area contributed by atoms with Crippen LogP contribution in [0.3, 0.4) is 0 Å². The minimum atomic E-state index is -1.62. The number of carboxylic acid groups (broad SMARTS) is 2. The van der Waals surface area contributed by atoms with Gasteiger partial charge in [-0.1, -0.05) is 13.5 Å². The van der Waals surface area contributed by atoms with E-state index < -0.39 is 35.2 Å². The second-order valence-corrected chi connectivity index (χ2v) is 4.87. The lowest BCUT2D eigenvalue weighted by molar-refractivity contribution is -0.198. The Hall–Kier alpha value is -3.16. The predicted molar refractivity (Wildman–Crippen MR) is 80.8 cm³/mol. The van der Waals surface area contributed by atoms with E-state index >= 15 is 0 Å². The molecule has 0 aliphatic rings. The molecule has 24 heavy (non-hydrogen) atoms. The molecule has 0 amide bonds. The van der Waals surface area contributed by atoms with Crippen LogP contribution in [0.2, 0.25) is 0 Å². The molecule has 0 fully saturated rings. The summed E-state index contributed by atoms with van der Waals surface area (Å²) in [6.07, 6.45) is 1.00. The van der Waals surface area contributed by atoms with Crippen molar-refractivity contribution in [1.29, 1.82) is 0 Å². The van der Waals surface area contributed by atoms with E-state index in [0.717, 1.165) is 24.3 Å². The van der Waals surface area contributed by atoms with E-state index in [1.54, 1.807) is 6.92 Å². The lowest BCUT2D eigenvalue weighted by Crippen LogP contribution is -2.36. The maximum absolute atomic E-state index is 12.2. The number of rotatable bonds is 7. The first-order valence-electron chi connectivity index (χ1n) is 6.83. The van der Waals surface area contributed by atoms with Crippen molar-refractivity contribution in [2.75, 3.05) is 0 Å². The van der Waals surface area contributed by atoms with Crippen LogP contribution in [0, 0.1) is 0 Å².